The molecule has 0 saturated carbocycles. The van der Waals surface area contributed by atoms with Crippen molar-refractivity contribution in [1.82, 2.24) is 0 Å². The number of fused-ring (bicyclic) bond motifs is 1. The topological polar surface area (TPSA) is 57.6 Å². The zero-order valence-corrected chi connectivity index (χ0v) is 12.4. The first-order valence-corrected chi connectivity index (χ1v) is 7.98. The number of aliphatic hydroxyl groups excluding tert-OH is 1. The number of hydrogen-bond donors (Lipinski definition) is 1. The molecule has 1 aromatic rings. The molecule has 2 rings (SSSR count). The highest BCUT2D eigenvalue weighted by atomic mass is 32.2. The second-order valence-corrected chi connectivity index (χ2v) is 8.52. The summed E-state index contributed by atoms with van der Waals surface area (Å²) in [5.74, 6) is 0. The summed E-state index contributed by atoms with van der Waals surface area (Å²) in [6, 6.07) is 7.21. The number of rotatable bonds is 1. The number of hydrogen-bond acceptors (Lipinski definition) is 3. The normalized spacial score (nSPS) is 20.8. The van der Waals surface area contributed by atoms with Gasteiger partial charge >= 0.3 is 0 Å². The smallest absolute Gasteiger partial charge is 0.240 e. The standard InChI is InChI=1S/C14H21NO3S/c1-14(2,3)19(17,18)15-10-6-9-13(16)11-7-4-5-8-12(11)15/h4-5,7-8,13,16H,6,9-10H2,1-3H3. The van der Waals surface area contributed by atoms with Crippen LogP contribution in [0, 0.1) is 0 Å². The van der Waals surface area contributed by atoms with Crippen molar-refractivity contribution in [2.45, 2.75) is 44.5 Å². The van der Waals surface area contributed by atoms with Gasteiger partial charge in [-0.25, -0.2) is 8.42 Å². The third kappa shape index (κ3) is 2.49. The van der Waals surface area contributed by atoms with Gasteiger partial charge in [0, 0.05) is 12.1 Å². The lowest BCUT2D eigenvalue weighted by Crippen LogP contribution is -2.43. The number of para-hydroxylation sites is 1. The van der Waals surface area contributed by atoms with E-state index in [1.807, 2.05) is 12.1 Å². The molecular formula is C14H21NO3S. The fourth-order valence-corrected chi connectivity index (χ4v) is 3.74. The summed E-state index contributed by atoms with van der Waals surface area (Å²) in [5, 5.41) is 10.1. The molecule has 0 fully saturated rings. The second kappa shape index (κ2) is 4.80. The molecule has 19 heavy (non-hydrogen) atoms. The first-order chi connectivity index (χ1) is 8.75. The van der Waals surface area contributed by atoms with Crippen LogP contribution in [0.15, 0.2) is 24.3 Å². The molecule has 0 aromatic heterocycles. The van der Waals surface area contributed by atoms with Crippen LogP contribution in [0.2, 0.25) is 0 Å². The van der Waals surface area contributed by atoms with Gasteiger partial charge in [-0.05, 0) is 39.7 Å². The Morgan fingerprint density at radius 1 is 1.26 bits per heavy atom. The molecule has 1 heterocycles. The van der Waals surface area contributed by atoms with Crippen LogP contribution in [-0.4, -0.2) is 24.8 Å². The van der Waals surface area contributed by atoms with Gasteiger partial charge in [0.05, 0.1) is 16.5 Å². The molecule has 1 aromatic carbocycles. The van der Waals surface area contributed by atoms with Crippen LogP contribution in [0.1, 0.15) is 45.3 Å². The van der Waals surface area contributed by atoms with Crippen molar-refractivity contribution in [2.24, 2.45) is 0 Å². The van der Waals surface area contributed by atoms with Gasteiger partial charge in [0.1, 0.15) is 0 Å². The summed E-state index contributed by atoms with van der Waals surface area (Å²) in [4.78, 5) is 0. The van der Waals surface area contributed by atoms with E-state index in [1.165, 1.54) is 4.31 Å². The molecule has 0 radical (unpaired) electrons. The maximum atomic E-state index is 12.7. The van der Waals surface area contributed by atoms with Gasteiger partial charge in [-0.3, -0.25) is 4.31 Å². The zero-order valence-electron chi connectivity index (χ0n) is 11.6. The first kappa shape index (κ1) is 14.3. The fourth-order valence-electron chi connectivity index (χ4n) is 2.28. The Bertz CT molecular complexity index is 560. The van der Waals surface area contributed by atoms with E-state index in [9.17, 15) is 13.5 Å². The summed E-state index contributed by atoms with van der Waals surface area (Å²) in [6.45, 7) is 5.53. The molecular weight excluding hydrogens is 262 g/mol. The van der Waals surface area contributed by atoms with Crippen LogP contribution >= 0.6 is 0 Å². The van der Waals surface area contributed by atoms with E-state index >= 15 is 0 Å². The van der Waals surface area contributed by atoms with Crippen molar-refractivity contribution in [3.63, 3.8) is 0 Å². The quantitative estimate of drug-likeness (QED) is 0.861. The number of sulfonamides is 1. The third-order valence-corrected chi connectivity index (χ3v) is 5.97. The highest BCUT2D eigenvalue weighted by Gasteiger charge is 2.37. The van der Waals surface area contributed by atoms with Gasteiger partial charge in [0.15, 0.2) is 0 Å². The largest absolute Gasteiger partial charge is 0.388 e. The van der Waals surface area contributed by atoms with Crippen LogP contribution in [-0.2, 0) is 10.0 Å². The van der Waals surface area contributed by atoms with E-state index in [4.69, 9.17) is 0 Å². The molecule has 0 aliphatic carbocycles. The lowest BCUT2D eigenvalue weighted by Gasteiger charge is -2.31. The predicted molar refractivity (Wildman–Crippen MR) is 76.7 cm³/mol. The van der Waals surface area contributed by atoms with E-state index in [0.29, 0.717) is 30.6 Å². The number of nitrogens with zero attached hydrogens (tertiary/aromatic N) is 1. The van der Waals surface area contributed by atoms with Gasteiger partial charge in [0.25, 0.3) is 0 Å². The predicted octanol–water partition coefficient (Wildman–Crippen LogP) is 2.45. The molecule has 1 aliphatic heterocycles. The Morgan fingerprint density at radius 2 is 1.89 bits per heavy atom. The van der Waals surface area contributed by atoms with Crippen molar-refractivity contribution in [2.75, 3.05) is 10.8 Å². The van der Waals surface area contributed by atoms with E-state index in [1.54, 1.807) is 32.9 Å². The zero-order chi connectivity index (χ0) is 14.3. The minimum atomic E-state index is -3.44. The van der Waals surface area contributed by atoms with Gasteiger partial charge < -0.3 is 5.11 Å². The van der Waals surface area contributed by atoms with Gasteiger partial charge in [0.2, 0.25) is 10.0 Å². The molecule has 1 N–H and O–H groups in total. The number of benzene rings is 1. The maximum Gasteiger partial charge on any atom is 0.240 e. The molecule has 106 valence electrons. The summed E-state index contributed by atoms with van der Waals surface area (Å²) in [5.41, 5.74) is 1.32. The SMILES string of the molecule is CC(C)(C)S(=O)(=O)N1CCCC(O)c2ccccc21. The van der Waals surface area contributed by atoms with Gasteiger partial charge in [-0.15, -0.1) is 0 Å². The van der Waals surface area contributed by atoms with Crippen molar-refractivity contribution in [1.29, 1.82) is 0 Å². The summed E-state index contributed by atoms with van der Waals surface area (Å²) in [6.07, 6.45) is 0.662. The molecule has 1 aliphatic rings. The van der Waals surface area contributed by atoms with Gasteiger partial charge in [-0.2, -0.15) is 0 Å². The minimum absolute atomic E-state index is 0.424. The Kier molecular flexibility index (Phi) is 3.62. The minimum Gasteiger partial charge on any atom is -0.388 e. The third-order valence-electron chi connectivity index (χ3n) is 3.47. The first-order valence-electron chi connectivity index (χ1n) is 6.54. The van der Waals surface area contributed by atoms with Crippen molar-refractivity contribution in [3.8, 4) is 0 Å². The lowest BCUT2D eigenvalue weighted by molar-refractivity contribution is 0.168. The highest BCUT2D eigenvalue weighted by Crippen LogP contribution is 2.36. The Balaban J connectivity index is 2.57. The molecule has 5 heteroatoms. The van der Waals surface area contributed by atoms with Crippen molar-refractivity contribution >= 4 is 15.7 Å². The average Bonchev–Trinajstić information content (AvgIpc) is 2.48. The Labute approximate surface area is 115 Å². The highest BCUT2D eigenvalue weighted by molar-refractivity contribution is 7.94. The number of anilines is 1. The van der Waals surface area contributed by atoms with Crippen molar-refractivity contribution < 1.29 is 13.5 Å². The Hall–Kier alpha value is -1.07. The fraction of sp³-hybridized carbons (Fsp3) is 0.571. The van der Waals surface area contributed by atoms with E-state index in [0.717, 1.165) is 0 Å². The van der Waals surface area contributed by atoms with E-state index in [2.05, 4.69) is 0 Å². The molecule has 0 amide bonds. The average molecular weight is 283 g/mol. The Morgan fingerprint density at radius 3 is 2.53 bits per heavy atom. The molecule has 4 nitrogen and oxygen atoms in total. The second-order valence-electron chi connectivity index (χ2n) is 5.91. The number of aliphatic hydroxyl groups is 1. The van der Waals surface area contributed by atoms with Gasteiger partial charge in [-0.1, -0.05) is 18.2 Å². The van der Waals surface area contributed by atoms with E-state index in [-0.39, 0.29) is 0 Å². The molecule has 1 unspecified atom stereocenters. The summed E-state index contributed by atoms with van der Waals surface area (Å²) < 4.78 is 26.0. The maximum absolute atomic E-state index is 12.7. The summed E-state index contributed by atoms with van der Waals surface area (Å²) >= 11 is 0. The van der Waals surface area contributed by atoms with Crippen LogP contribution in [0.5, 0.6) is 0 Å². The molecule has 0 spiro atoms. The van der Waals surface area contributed by atoms with E-state index < -0.39 is 20.9 Å². The monoisotopic (exact) mass is 283 g/mol. The molecule has 0 bridgehead atoms. The lowest BCUT2D eigenvalue weighted by atomic mass is 10.1. The molecule has 0 saturated heterocycles. The summed E-state index contributed by atoms with van der Waals surface area (Å²) in [7, 11) is -3.44. The van der Waals surface area contributed by atoms with Crippen LogP contribution in [0.25, 0.3) is 0 Å². The van der Waals surface area contributed by atoms with Crippen molar-refractivity contribution in [3.05, 3.63) is 29.8 Å². The molecule has 1 atom stereocenters. The van der Waals surface area contributed by atoms with Crippen LogP contribution in [0.3, 0.4) is 0 Å². The van der Waals surface area contributed by atoms with Crippen LogP contribution in [0.4, 0.5) is 5.69 Å². The van der Waals surface area contributed by atoms with Crippen LogP contribution < -0.4 is 4.31 Å².